The number of halogens is 9. The third-order valence-corrected chi connectivity index (χ3v) is 8.94. The summed E-state index contributed by atoms with van der Waals surface area (Å²) in [4.78, 5) is 24.3. The molecule has 15 nitrogen and oxygen atoms in total. The zero-order valence-corrected chi connectivity index (χ0v) is 40.5. The fraction of sp³-hybridized carbons (Fsp3) is 0.268. The van der Waals surface area contributed by atoms with Gasteiger partial charge in [0.2, 0.25) is 17.3 Å². The summed E-state index contributed by atoms with van der Waals surface area (Å²) in [5.74, 6) is 0.622. The Bertz CT molecular complexity index is 2750. The normalized spacial score (nSPS) is 12.2. The molecule has 1 atom stereocenters. The number of H-pyrrole nitrogens is 2. The Balaban J connectivity index is 0.000000244. The number of aromatic nitrogens is 7. The first-order chi connectivity index (χ1) is 30.2. The van der Waals surface area contributed by atoms with Crippen molar-refractivity contribution >= 4 is 39.4 Å². The zero-order valence-electron chi connectivity index (χ0n) is 36.6. The quantitative estimate of drug-likeness (QED) is 0.0681. The molecule has 348 valence electrons. The Morgan fingerprint density at radius 3 is 1.33 bits per heavy atom. The number of imidazole rings is 2. The maximum atomic E-state index is 12.7. The summed E-state index contributed by atoms with van der Waals surface area (Å²) in [6, 6.07) is 14.0. The number of nitrogens with one attached hydrogen (secondary N) is 2. The minimum Gasteiger partial charge on any atom is -1.00 e. The number of hydrogen-bond donors (Lipinski definition) is 6. The van der Waals surface area contributed by atoms with Crippen LogP contribution in [0.25, 0.3) is 45.2 Å². The second kappa shape index (κ2) is 21.4. The van der Waals surface area contributed by atoms with Gasteiger partial charge in [-0.15, -0.1) is 0 Å². The molecule has 8 rings (SSSR count). The number of nitrogens with two attached hydrogens (primary N) is 3. The third-order valence-electron chi connectivity index (χ3n) is 8.94. The van der Waals surface area contributed by atoms with E-state index < -0.39 is 41.2 Å². The van der Waals surface area contributed by atoms with Crippen molar-refractivity contribution in [3.8, 4) is 23.2 Å². The summed E-state index contributed by atoms with van der Waals surface area (Å²) in [7, 11) is 0. The molecule has 66 heavy (non-hydrogen) atoms. The molecule has 0 spiro atoms. The minimum atomic E-state index is -4.39. The molecule has 0 aliphatic carbocycles. The van der Waals surface area contributed by atoms with E-state index in [2.05, 4.69) is 39.9 Å². The van der Waals surface area contributed by atoms with Gasteiger partial charge in [-0.2, -0.15) is 39.5 Å². The molecule has 0 fully saturated rings. The summed E-state index contributed by atoms with van der Waals surface area (Å²) < 4.78 is 127. The average Bonchev–Trinajstić information content (AvgIpc) is 4.06. The van der Waals surface area contributed by atoms with Crippen LogP contribution in [0.2, 0.25) is 0 Å². The van der Waals surface area contributed by atoms with Crippen molar-refractivity contribution in [2.75, 3.05) is 11.5 Å². The van der Waals surface area contributed by atoms with E-state index in [0.717, 1.165) is 48.2 Å². The van der Waals surface area contributed by atoms with Gasteiger partial charge < -0.3 is 47.3 Å². The van der Waals surface area contributed by atoms with Crippen LogP contribution in [0.1, 0.15) is 98.2 Å². The number of alkyl halides is 9. The van der Waals surface area contributed by atoms with Crippen LogP contribution in [0.4, 0.5) is 50.9 Å². The number of carboxylic acid groups (broad SMARTS) is 1. The van der Waals surface area contributed by atoms with Crippen LogP contribution in [0, 0.1) is 0 Å². The molecule has 0 bridgehead atoms. The first-order valence-corrected chi connectivity index (χ1v) is 19.0. The van der Waals surface area contributed by atoms with E-state index in [1.54, 1.807) is 19.1 Å². The second-order valence-electron chi connectivity index (χ2n) is 14.7. The fourth-order valence-electron chi connectivity index (χ4n) is 5.31. The molecular weight excluding hydrogens is 969 g/mol. The smallest absolute Gasteiger partial charge is 1.00 e. The summed E-state index contributed by atoms with van der Waals surface area (Å²) in [5, 5.41) is 19.7. The molecule has 0 saturated heterocycles. The summed E-state index contributed by atoms with van der Waals surface area (Å²) in [6.07, 6.45) is -13.1. The van der Waals surface area contributed by atoms with Crippen LogP contribution < -0.4 is 75.4 Å². The van der Waals surface area contributed by atoms with Gasteiger partial charge in [-0.05, 0) is 73.4 Å². The molecule has 5 heterocycles. The maximum Gasteiger partial charge on any atom is 1.00 e. The number of nitrogens with zero attached hydrogens (tertiary/aromatic N) is 5. The molecular formula is C41H40F9N10O5Rb. The van der Waals surface area contributed by atoms with Gasteiger partial charge in [0.1, 0.15) is 5.69 Å². The van der Waals surface area contributed by atoms with E-state index in [-0.39, 0.29) is 100 Å². The number of carbonyl (C=O) groups is 1. The fourth-order valence-corrected chi connectivity index (χ4v) is 5.31. The zero-order chi connectivity index (χ0) is 48.2. The summed E-state index contributed by atoms with van der Waals surface area (Å²) in [5.41, 5.74) is 17.4. The Hall–Kier alpha value is -5.56. The van der Waals surface area contributed by atoms with Gasteiger partial charge in [0.25, 0.3) is 0 Å². The van der Waals surface area contributed by atoms with Crippen molar-refractivity contribution in [2.45, 2.75) is 71.0 Å². The van der Waals surface area contributed by atoms with E-state index in [4.69, 9.17) is 31.4 Å². The molecule has 0 saturated carbocycles. The van der Waals surface area contributed by atoms with Crippen molar-refractivity contribution < 1.29 is 123 Å². The van der Waals surface area contributed by atoms with Crippen LogP contribution in [-0.2, 0) is 18.5 Å². The van der Waals surface area contributed by atoms with Gasteiger partial charge in [-0.3, -0.25) is 0 Å². The number of nitrogen functional groups attached to an aromatic ring is 2. The van der Waals surface area contributed by atoms with E-state index in [9.17, 15) is 44.3 Å². The van der Waals surface area contributed by atoms with Crippen molar-refractivity contribution in [2.24, 2.45) is 5.73 Å². The molecule has 0 aliphatic rings. The van der Waals surface area contributed by atoms with Gasteiger partial charge in [0, 0.05) is 24.2 Å². The summed E-state index contributed by atoms with van der Waals surface area (Å²) >= 11 is 0. The predicted molar refractivity (Wildman–Crippen MR) is 219 cm³/mol. The van der Waals surface area contributed by atoms with E-state index in [1.165, 1.54) is 18.2 Å². The maximum absolute atomic E-state index is 12.7. The van der Waals surface area contributed by atoms with Crippen LogP contribution >= 0.6 is 0 Å². The molecule has 0 radical (unpaired) electrons. The number of fused-ring (bicyclic) bond motifs is 2. The Morgan fingerprint density at radius 1 is 0.591 bits per heavy atom. The number of hydrogen-bond acceptors (Lipinski definition) is 12. The molecule has 3 aromatic carbocycles. The van der Waals surface area contributed by atoms with Crippen LogP contribution in [0.5, 0.6) is 0 Å². The number of anilines is 2. The van der Waals surface area contributed by atoms with Gasteiger partial charge in [0.15, 0.2) is 11.6 Å². The molecule has 8 aromatic rings. The van der Waals surface area contributed by atoms with E-state index >= 15 is 0 Å². The Labute approximate surface area is 417 Å². The van der Waals surface area contributed by atoms with Crippen LogP contribution in [-0.4, -0.2) is 46.5 Å². The number of rotatable bonds is 6. The molecule has 5 aromatic heterocycles. The molecule has 9 N–H and O–H groups in total. The third kappa shape index (κ3) is 13.7. The topological polar surface area (TPSA) is 251 Å². The Morgan fingerprint density at radius 2 is 0.985 bits per heavy atom. The van der Waals surface area contributed by atoms with Crippen molar-refractivity contribution in [3.05, 3.63) is 112 Å². The monoisotopic (exact) mass is 1010 g/mol. The molecule has 25 heteroatoms. The van der Waals surface area contributed by atoms with Crippen molar-refractivity contribution in [3.63, 3.8) is 0 Å². The number of carboxylic acids is 1. The van der Waals surface area contributed by atoms with Gasteiger partial charge >= 0.3 is 82.7 Å². The summed E-state index contributed by atoms with van der Waals surface area (Å²) in [6.45, 7) is 9.52. The second-order valence-corrected chi connectivity index (χ2v) is 14.7. The Kier molecular flexibility index (Phi) is 17.2. The van der Waals surface area contributed by atoms with Crippen LogP contribution in [0.3, 0.4) is 0 Å². The van der Waals surface area contributed by atoms with Gasteiger partial charge in [-0.25, -0.2) is 14.8 Å². The van der Waals surface area contributed by atoms with E-state index in [1.807, 2.05) is 27.7 Å². The first kappa shape index (κ1) is 53.1. The van der Waals surface area contributed by atoms with Crippen LogP contribution in [0.15, 0.2) is 86.4 Å². The molecule has 0 amide bonds. The van der Waals surface area contributed by atoms with Crippen molar-refractivity contribution in [1.82, 2.24) is 35.4 Å². The largest absolute Gasteiger partial charge is 1.00 e. The standard InChI is InChI=1S/C14H12F3N3O.C13H11F3N4O.C7H7F3N2.C7H9NO3.Rb.H/c1-7(2)10-6-12(21-20-10)13-18-9-4-3-8(14(15,16)17)5-11(9)19-13;1-6(17)9-5-11(21-20-9)12-18-8-3-2-7(13(14,15)16)4-10(8)19-12;8-7(9,10)4-1-2-5(11)6(12)3-4;1-4(2)5-3-6(7(9)10)11-8-5;;/h3-7H,1-2H3,(H,18,19);2-6H,17H2,1H3,(H,18,19);1-3H,11-12H2;3-4H,1-2H3,(H,9,10);;/q;;;;+1;-1/t;6-;;;;/m.0..../s1. The molecule has 0 unspecified atom stereocenters. The minimum absolute atomic E-state index is 0. The number of aromatic amines is 2. The number of aromatic carboxylic acids is 1. The first-order valence-electron chi connectivity index (χ1n) is 19.0. The number of benzene rings is 3. The van der Waals surface area contributed by atoms with E-state index in [0.29, 0.717) is 51.1 Å². The molecule has 0 aliphatic heterocycles. The SMILES string of the molecule is CC(C)c1cc(-c2nc3ccc(C(F)(F)F)cc3[nH]2)on1.CC(C)c1cc(C(=O)O)on1.C[C@H](N)c1cc(-c2nc3ccc(C(F)(F)F)cc3[nH]2)on1.Nc1ccc(C(F)(F)F)cc1N.[H-].[Rb+]. The van der Waals surface area contributed by atoms with Crippen molar-refractivity contribution in [1.29, 1.82) is 0 Å². The van der Waals surface area contributed by atoms with Gasteiger partial charge in [0.05, 0.1) is 61.5 Å². The van der Waals surface area contributed by atoms with Gasteiger partial charge in [-0.1, -0.05) is 43.2 Å². The average molecular weight is 1010 g/mol. The predicted octanol–water partition coefficient (Wildman–Crippen LogP) is 8.10.